The quantitative estimate of drug-likeness (QED) is 0.913. The van der Waals surface area contributed by atoms with E-state index in [1.807, 2.05) is 24.3 Å². The Morgan fingerprint density at radius 1 is 1.00 bits per heavy atom. The zero-order valence-electron chi connectivity index (χ0n) is 12.2. The average molecular weight is 283 g/mol. The third kappa shape index (κ3) is 2.58. The number of para-hydroxylation sites is 1. The van der Waals surface area contributed by atoms with Gasteiger partial charge < -0.3 is 10.2 Å². The van der Waals surface area contributed by atoms with Gasteiger partial charge in [0.1, 0.15) is 5.52 Å². The van der Waals surface area contributed by atoms with Gasteiger partial charge in [0.25, 0.3) is 0 Å². The molecule has 4 rings (SSSR count). The van der Waals surface area contributed by atoms with Gasteiger partial charge in [-0.25, -0.2) is 4.98 Å². The Kier molecular flexibility index (Phi) is 3.43. The van der Waals surface area contributed by atoms with E-state index < -0.39 is 0 Å². The topological polar surface area (TPSA) is 53.9 Å². The van der Waals surface area contributed by atoms with E-state index in [1.54, 1.807) is 0 Å². The number of fused-ring (bicyclic) bond motifs is 1. The van der Waals surface area contributed by atoms with Crippen molar-refractivity contribution in [1.82, 2.24) is 20.5 Å². The smallest absolute Gasteiger partial charge is 0.245 e. The molecule has 2 aliphatic rings. The van der Waals surface area contributed by atoms with Gasteiger partial charge in [-0.2, -0.15) is 0 Å². The minimum Gasteiger partial charge on any atom is -0.339 e. The molecule has 1 aromatic carbocycles. The highest BCUT2D eigenvalue weighted by molar-refractivity contribution is 5.74. The molecule has 0 amide bonds. The molecule has 2 saturated heterocycles. The molecule has 1 unspecified atom stereocenters. The van der Waals surface area contributed by atoms with Gasteiger partial charge in [0.05, 0.1) is 5.52 Å². The molecule has 5 heteroatoms. The third-order valence-electron chi connectivity index (χ3n) is 4.84. The van der Waals surface area contributed by atoms with Gasteiger partial charge in [0.15, 0.2) is 0 Å². The summed E-state index contributed by atoms with van der Waals surface area (Å²) in [5.41, 5.74) is 1.80. The molecular formula is C16H21N5. The van der Waals surface area contributed by atoms with Crippen molar-refractivity contribution in [3.05, 3.63) is 24.3 Å². The van der Waals surface area contributed by atoms with Crippen LogP contribution >= 0.6 is 0 Å². The first-order chi connectivity index (χ1) is 10.4. The SMILES string of the molecule is c1ccc2nc(N3CCC(C4CCCN4)CC3)nnc2c1. The van der Waals surface area contributed by atoms with E-state index in [0.717, 1.165) is 42.0 Å². The van der Waals surface area contributed by atoms with Crippen LogP contribution in [0.15, 0.2) is 24.3 Å². The van der Waals surface area contributed by atoms with Crippen LogP contribution in [0.4, 0.5) is 5.95 Å². The minimum absolute atomic E-state index is 0.739. The van der Waals surface area contributed by atoms with Crippen molar-refractivity contribution in [2.45, 2.75) is 31.7 Å². The van der Waals surface area contributed by atoms with Crippen LogP contribution in [0.2, 0.25) is 0 Å². The molecule has 0 aliphatic carbocycles. The van der Waals surface area contributed by atoms with Crippen molar-refractivity contribution < 1.29 is 0 Å². The number of nitrogens with zero attached hydrogens (tertiary/aromatic N) is 4. The highest BCUT2D eigenvalue weighted by Gasteiger charge is 2.29. The zero-order valence-corrected chi connectivity index (χ0v) is 12.2. The lowest BCUT2D eigenvalue weighted by molar-refractivity contribution is 0.317. The highest BCUT2D eigenvalue weighted by Crippen LogP contribution is 2.27. The second kappa shape index (κ2) is 5.56. The van der Waals surface area contributed by atoms with Crippen molar-refractivity contribution >= 4 is 17.0 Å². The summed E-state index contributed by atoms with van der Waals surface area (Å²) in [7, 11) is 0. The molecule has 2 aromatic rings. The molecule has 0 bridgehead atoms. The van der Waals surface area contributed by atoms with Gasteiger partial charge in [-0.1, -0.05) is 12.1 Å². The van der Waals surface area contributed by atoms with Crippen molar-refractivity contribution in [3.63, 3.8) is 0 Å². The van der Waals surface area contributed by atoms with Crippen molar-refractivity contribution in [1.29, 1.82) is 0 Å². The van der Waals surface area contributed by atoms with Crippen LogP contribution in [0.3, 0.4) is 0 Å². The van der Waals surface area contributed by atoms with Crippen LogP contribution in [0.25, 0.3) is 11.0 Å². The summed E-state index contributed by atoms with van der Waals surface area (Å²) in [6, 6.07) is 8.67. The summed E-state index contributed by atoms with van der Waals surface area (Å²) in [5.74, 6) is 1.60. The Labute approximate surface area is 124 Å². The number of anilines is 1. The molecular weight excluding hydrogens is 262 g/mol. The van der Waals surface area contributed by atoms with E-state index in [1.165, 1.54) is 32.2 Å². The normalized spacial score (nSPS) is 23.8. The van der Waals surface area contributed by atoms with Crippen molar-refractivity contribution in [2.75, 3.05) is 24.5 Å². The first kappa shape index (κ1) is 13.0. The molecule has 110 valence electrons. The lowest BCUT2D eigenvalue weighted by Crippen LogP contribution is -2.41. The number of nitrogens with one attached hydrogen (secondary N) is 1. The molecule has 2 aliphatic heterocycles. The minimum atomic E-state index is 0.739. The predicted octanol–water partition coefficient (Wildman–Crippen LogP) is 1.99. The largest absolute Gasteiger partial charge is 0.339 e. The van der Waals surface area contributed by atoms with Gasteiger partial charge in [0, 0.05) is 19.1 Å². The van der Waals surface area contributed by atoms with Gasteiger partial charge in [-0.15, -0.1) is 10.2 Å². The molecule has 0 saturated carbocycles. The number of aromatic nitrogens is 3. The third-order valence-corrected chi connectivity index (χ3v) is 4.84. The number of piperidine rings is 1. The van der Waals surface area contributed by atoms with Crippen LogP contribution in [0.5, 0.6) is 0 Å². The molecule has 1 aromatic heterocycles. The summed E-state index contributed by atoms with van der Waals surface area (Å²) >= 11 is 0. The predicted molar refractivity (Wildman–Crippen MR) is 83.3 cm³/mol. The monoisotopic (exact) mass is 283 g/mol. The van der Waals surface area contributed by atoms with Crippen molar-refractivity contribution in [3.8, 4) is 0 Å². The summed E-state index contributed by atoms with van der Waals surface area (Å²) in [6.45, 7) is 3.29. The van der Waals surface area contributed by atoms with Crippen LogP contribution in [0, 0.1) is 5.92 Å². The molecule has 0 radical (unpaired) electrons. The second-order valence-corrected chi connectivity index (χ2v) is 6.13. The summed E-state index contributed by atoms with van der Waals surface area (Å²) < 4.78 is 0. The zero-order chi connectivity index (χ0) is 14.1. The Bertz CT molecular complexity index is 615. The number of benzene rings is 1. The van der Waals surface area contributed by atoms with E-state index in [4.69, 9.17) is 0 Å². The molecule has 21 heavy (non-hydrogen) atoms. The van der Waals surface area contributed by atoms with Gasteiger partial charge in [-0.3, -0.25) is 0 Å². The second-order valence-electron chi connectivity index (χ2n) is 6.13. The van der Waals surface area contributed by atoms with Crippen LogP contribution in [-0.4, -0.2) is 40.9 Å². The van der Waals surface area contributed by atoms with E-state index in [2.05, 4.69) is 25.4 Å². The lowest BCUT2D eigenvalue weighted by atomic mass is 9.89. The standard InChI is InChI=1S/C16H21N5/c1-2-5-15-14(4-1)18-16(20-19-15)21-10-7-12(8-11-21)13-6-3-9-17-13/h1-2,4-5,12-13,17H,3,6-11H2. The number of hydrogen-bond donors (Lipinski definition) is 1. The molecule has 2 fully saturated rings. The number of rotatable bonds is 2. The fraction of sp³-hybridized carbons (Fsp3) is 0.562. The highest BCUT2D eigenvalue weighted by atomic mass is 15.3. The molecule has 0 spiro atoms. The van der Waals surface area contributed by atoms with E-state index in [0.29, 0.717) is 0 Å². The van der Waals surface area contributed by atoms with Gasteiger partial charge >= 0.3 is 0 Å². The van der Waals surface area contributed by atoms with Gasteiger partial charge in [-0.05, 0) is 50.3 Å². The number of hydrogen-bond acceptors (Lipinski definition) is 5. The van der Waals surface area contributed by atoms with Crippen LogP contribution < -0.4 is 10.2 Å². The summed E-state index contributed by atoms with van der Waals surface area (Å²) in [5, 5.41) is 12.2. The lowest BCUT2D eigenvalue weighted by Gasteiger charge is -2.34. The van der Waals surface area contributed by atoms with E-state index in [9.17, 15) is 0 Å². The maximum absolute atomic E-state index is 4.66. The molecule has 3 heterocycles. The first-order valence-corrected chi connectivity index (χ1v) is 7.98. The van der Waals surface area contributed by atoms with E-state index in [-0.39, 0.29) is 0 Å². The Morgan fingerprint density at radius 2 is 1.81 bits per heavy atom. The van der Waals surface area contributed by atoms with E-state index >= 15 is 0 Å². The molecule has 1 N–H and O–H groups in total. The van der Waals surface area contributed by atoms with Gasteiger partial charge in [0.2, 0.25) is 5.95 Å². The maximum Gasteiger partial charge on any atom is 0.245 e. The molecule has 5 nitrogen and oxygen atoms in total. The average Bonchev–Trinajstić information content (AvgIpc) is 3.09. The fourth-order valence-electron chi connectivity index (χ4n) is 3.62. The Hall–Kier alpha value is -1.75. The van der Waals surface area contributed by atoms with Crippen LogP contribution in [0.1, 0.15) is 25.7 Å². The summed E-state index contributed by atoms with van der Waals surface area (Å²) in [6.07, 6.45) is 5.14. The maximum atomic E-state index is 4.66. The van der Waals surface area contributed by atoms with Crippen LogP contribution in [-0.2, 0) is 0 Å². The van der Waals surface area contributed by atoms with Crippen molar-refractivity contribution in [2.24, 2.45) is 5.92 Å². The fourth-order valence-corrected chi connectivity index (χ4v) is 3.62. The first-order valence-electron chi connectivity index (χ1n) is 7.98. The Balaban J connectivity index is 1.46. The Morgan fingerprint density at radius 3 is 2.57 bits per heavy atom. The summed E-state index contributed by atoms with van der Waals surface area (Å²) in [4.78, 5) is 6.94. The molecule has 1 atom stereocenters.